The minimum Gasteiger partial charge on any atom is -0.496 e. The molecular formula is C20H17N3O3S2. The fraction of sp³-hybridized carbons (Fsp3) is 0.150. The maximum Gasteiger partial charge on any atom is 0.265 e. The lowest BCUT2D eigenvalue weighted by Gasteiger charge is -2.09. The van der Waals surface area contributed by atoms with Gasteiger partial charge in [-0.1, -0.05) is 41.2 Å². The number of aromatic nitrogens is 2. The largest absolute Gasteiger partial charge is 0.496 e. The molecule has 0 spiro atoms. The van der Waals surface area contributed by atoms with Crippen LogP contribution in [0.5, 0.6) is 5.75 Å². The van der Waals surface area contributed by atoms with E-state index in [1.165, 1.54) is 11.3 Å². The molecule has 2 aromatic carbocycles. The van der Waals surface area contributed by atoms with Crippen molar-refractivity contribution in [3.8, 4) is 5.75 Å². The maximum absolute atomic E-state index is 12.8. The van der Waals surface area contributed by atoms with Crippen LogP contribution in [0.2, 0.25) is 0 Å². The molecule has 0 bridgehead atoms. The molecule has 2 aromatic heterocycles. The van der Waals surface area contributed by atoms with E-state index in [9.17, 15) is 9.59 Å². The molecule has 2 N–H and O–H groups in total. The van der Waals surface area contributed by atoms with Gasteiger partial charge in [-0.05, 0) is 37.3 Å². The van der Waals surface area contributed by atoms with E-state index in [4.69, 9.17) is 17.0 Å². The van der Waals surface area contributed by atoms with E-state index in [0.29, 0.717) is 37.7 Å². The number of ether oxygens (including phenoxy) is 1. The van der Waals surface area contributed by atoms with Crippen LogP contribution in [-0.4, -0.2) is 22.4 Å². The van der Waals surface area contributed by atoms with Crippen molar-refractivity contribution in [2.75, 3.05) is 7.11 Å². The molecule has 2 heterocycles. The highest BCUT2D eigenvalue weighted by atomic mass is 32.1. The molecule has 0 saturated heterocycles. The van der Waals surface area contributed by atoms with E-state index >= 15 is 0 Å². The van der Waals surface area contributed by atoms with Gasteiger partial charge in [0.1, 0.15) is 16.3 Å². The Labute approximate surface area is 169 Å². The zero-order chi connectivity index (χ0) is 19.8. The number of carbonyl (C=O) groups is 1. The molecule has 0 radical (unpaired) electrons. The molecule has 0 atom stereocenters. The molecule has 28 heavy (non-hydrogen) atoms. The van der Waals surface area contributed by atoms with Crippen LogP contribution in [0, 0.1) is 10.9 Å². The van der Waals surface area contributed by atoms with E-state index in [0.717, 1.165) is 11.1 Å². The van der Waals surface area contributed by atoms with Gasteiger partial charge in [-0.2, -0.15) is 0 Å². The van der Waals surface area contributed by atoms with Gasteiger partial charge in [0.15, 0.2) is 3.95 Å². The molecule has 1 amide bonds. The Hall–Kier alpha value is -2.97. The third-order valence-corrected chi connectivity index (χ3v) is 5.89. The van der Waals surface area contributed by atoms with Crippen molar-refractivity contribution in [3.05, 3.63) is 72.8 Å². The van der Waals surface area contributed by atoms with Crippen LogP contribution >= 0.6 is 23.6 Å². The Morgan fingerprint density at radius 1 is 1.29 bits per heavy atom. The smallest absolute Gasteiger partial charge is 0.265 e. The van der Waals surface area contributed by atoms with E-state index in [1.54, 1.807) is 11.5 Å². The zero-order valence-electron chi connectivity index (χ0n) is 15.2. The van der Waals surface area contributed by atoms with Crippen LogP contribution in [-0.2, 0) is 6.54 Å². The Bertz CT molecular complexity index is 1330. The summed E-state index contributed by atoms with van der Waals surface area (Å²) in [7, 11) is 1.59. The molecule has 0 fully saturated rings. The number of aryl methyl sites for hydroxylation is 1. The molecule has 0 unspecified atom stereocenters. The monoisotopic (exact) mass is 411 g/mol. The molecule has 4 aromatic rings. The lowest BCUT2D eigenvalue weighted by Crippen LogP contribution is -2.23. The summed E-state index contributed by atoms with van der Waals surface area (Å²) < 4.78 is 7.56. The number of hydrogen-bond donors (Lipinski definition) is 2. The standard InChI is InChI=1S/C20H17N3O3S2/c1-11-7-8-14-13(9-11)18(24)22-17-16(28-20(27)23(14)17)19(25)21-10-12-5-3-4-6-15(12)26-2/h3-9H,10H2,1-2H3,(H,21,25)(H,22,24). The Balaban J connectivity index is 1.76. The predicted octanol–water partition coefficient (Wildman–Crippen LogP) is 3.82. The molecule has 142 valence electrons. The quantitative estimate of drug-likeness (QED) is 0.501. The Morgan fingerprint density at radius 2 is 2.07 bits per heavy atom. The van der Waals surface area contributed by atoms with Crippen LogP contribution in [0.1, 0.15) is 20.8 Å². The first-order valence-electron chi connectivity index (χ1n) is 8.58. The second-order valence-electron chi connectivity index (χ2n) is 6.35. The summed E-state index contributed by atoms with van der Waals surface area (Å²) in [5.74, 6) is 0.401. The van der Waals surface area contributed by atoms with Gasteiger partial charge >= 0.3 is 0 Å². The number of carbonyl (C=O) groups excluding carboxylic acids is 1. The van der Waals surface area contributed by atoms with Crippen molar-refractivity contribution < 1.29 is 9.53 Å². The number of benzene rings is 2. The summed E-state index contributed by atoms with van der Waals surface area (Å²) in [5.41, 5.74) is 2.70. The molecular weight excluding hydrogens is 394 g/mol. The Kier molecular flexibility index (Phi) is 4.74. The minimum atomic E-state index is -0.299. The number of thiazole rings is 1. The molecule has 0 saturated carbocycles. The first-order chi connectivity index (χ1) is 13.5. The van der Waals surface area contributed by atoms with Gasteiger partial charge in [-0.15, -0.1) is 0 Å². The highest BCUT2D eigenvalue weighted by Gasteiger charge is 2.18. The van der Waals surface area contributed by atoms with Crippen molar-refractivity contribution in [1.82, 2.24) is 14.7 Å². The maximum atomic E-state index is 12.8. The van der Waals surface area contributed by atoms with Crippen LogP contribution < -0.4 is 15.6 Å². The SMILES string of the molecule is COc1ccccc1CNC(=O)c1sc(=S)n2c1[nH]c(=O)c1cc(C)ccc12. The van der Waals surface area contributed by atoms with Gasteiger partial charge in [0.05, 0.1) is 18.0 Å². The van der Waals surface area contributed by atoms with Crippen LogP contribution in [0.3, 0.4) is 0 Å². The summed E-state index contributed by atoms with van der Waals surface area (Å²) in [6.07, 6.45) is 0. The highest BCUT2D eigenvalue weighted by Crippen LogP contribution is 2.23. The van der Waals surface area contributed by atoms with E-state index in [2.05, 4.69) is 10.3 Å². The molecule has 8 heteroatoms. The fourth-order valence-corrected chi connectivity index (χ4v) is 4.46. The number of amides is 1. The lowest BCUT2D eigenvalue weighted by atomic mass is 10.1. The number of nitrogens with zero attached hydrogens (tertiary/aromatic N) is 1. The first-order valence-corrected chi connectivity index (χ1v) is 9.80. The molecule has 0 aliphatic heterocycles. The first kappa shape index (κ1) is 18.4. The summed E-state index contributed by atoms with van der Waals surface area (Å²) in [4.78, 5) is 28.6. The highest BCUT2D eigenvalue weighted by molar-refractivity contribution is 7.73. The Morgan fingerprint density at radius 3 is 2.86 bits per heavy atom. The van der Waals surface area contributed by atoms with E-state index < -0.39 is 0 Å². The van der Waals surface area contributed by atoms with Gasteiger partial charge in [0.2, 0.25) is 0 Å². The lowest BCUT2D eigenvalue weighted by molar-refractivity contribution is 0.0956. The van der Waals surface area contributed by atoms with Crippen LogP contribution in [0.25, 0.3) is 16.6 Å². The summed E-state index contributed by atoms with van der Waals surface area (Å²) in [5, 5.41) is 3.43. The average Bonchev–Trinajstić information content (AvgIpc) is 3.03. The van der Waals surface area contributed by atoms with Crippen LogP contribution in [0.15, 0.2) is 47.3 Å². The van der Waals surface area contributed by atoms with Gasteiger partial charge in [0, 0.05) is 12.1 Å². The van der Waals surface area contributed by atoms with E-state index in [-0.39, 0.29) is 11.5 Å². The number of para-hydroxylation sites is 1. The number of nitrogens with one attached hydrogen (secondary N) is 2. The van der Waals surface area contributed by atoms with Gasteiger partial charge in [-0.3, -0.25) is 14.0 Å². The second kappa shape index (κ2) is 7.21. The van der Waals surface area contributed by atoms with Crippen molar-refractivity contribution in [2.45, 2.75) is 13.5 Å². The number of fused-ring (bicyclic) bond motifs is 3. The molecule has 4 rings (SSSR count). The fourth-order valence-electron chi connectivity index (χ4n) is 3.17. The summed E-state index contributed by atoms with van der Waals surface area (Å²) >= 11 is 6.65. The van der Waals surface area contributed by atoms with Crippen LogP contribution in [0.4, 0.5) is 0 Å². The molecule has 0 aliphatic rings. The van der Waals surface area contributed by atoms with E-state index in [1.807, 2.05) is 49.4 Å². The minimum absolute atomic E-state index is 0.245. The number of H-pyrrole nitrogens is 1. The normalized spacial score (nSPS) is 11.1. The summed E-state index contributed by atoms with van der Waals surface area (Å²) in [6, 6.07) is 13.1. The molecule has 6 nitrogen and oxygen atoms in total. The van der Waals surface area contributed by atoms with Crippen molar-refractivity contribution in [3.63, 3.8) is 0 Å². The summed E-state index contributed by atoms with van der Waals surface area (Å²) in [6.45, 7) is 2.23. The van der Waals surface area contributed by atoms with Gasteiger partial charge in [-0.25, -0.2) is 0 Å². The van der Waals surface area contributed by atoms with Gasteiger partial charge < -0.3 is 15.0 Å². The van der Waals surface area contributed by atoms with Crippen molar-refractivity contribution in [1.29, 1.82) is 0 Å². The third kappa shape index (κ3) is 3.10. The third-order valence-electron chi connectivity index (χ3n) is 4.52. The number of hydrogen-bond acceptors (Lipinski definition) is 5. The number of methoxy groups -OCH3 is 1. The zero-order valence-corrected chi connectivity index (χ0v) is 16.9. The second-order valence-corrected chi connectivity index (χ2v) is 7.99. The molecule has 0 aliphatic carbocycles. The van der Waals surface area contributed by atoms with Crippen molar-refractivity contribution >= 4 is 46.0 Å². The number of rotatable bonds is 4. The van der Waals surface area contributed by atoms with Gasteiger partial charge in [0.25, 0.3) is 11.5 Å². The topological polar surface area (TPSA) is 75.6 Å². The average molecular weight is 412 g/mol. The predicted molar refractivity (Wildman–Crippen MR) is 113 cm³/mol. The number of aromatic amines is 1. The van der Waals surface area contributed by atoms with Crippen molar-refractivity contribution in [2.24, 2.45) is 0 Å².